The third-order valence-corrected chi connectivity index (χ3v) is 2.41. The number of benzene rings is 1. The van der Waals surface area contributed by atoms with Crippen molar-refractivity contribution in [3.8, 4) is 0 Å². The molecule has 0 aromatic heterocycles. The summed E-state index contributed by atoms with van der Waals surface area (Å²) in [6.45, 7) is 4.30. The van der Waals surface area contributed by atoms with Crippen LogP contribution in [-0.4, -0.2) is 0 Å². The van der Waals surface area contributed by atoms with Gasteiger partial charge in [0.15, 0.2) is 0 Å². The van der Waals surface area contributed by atoms with Gasteiger partial charge in [-0.25, -0.2) is 0 Å². The van der Waals surface area contributed by atoms with Crippen molar-refractivity contribution in [2.75, 3.05) is 0 Å². The molecular weight excluding hydrogens is 168 g/mol. The maximum absolute atomic E-state index is 2.25. The van der Waals surface area contributed by atoms with Crippen LogP contribution >= 0.6 is 0 Å². The first-order valence-corrected chi connectivity index (χ1v) is 5.58. The van der Waals surface area contributed by atoms with Crippen molar-refractivity contribution in [3.05, 3.63) is 41.5 Å². The van der Waals surface area contributed by atoms with Crippen LogP contribution in [0.4, 0.5) is 0 Å². The van der Waals surface area contributed by atoms with E-state index in [2.05, 4.69) is 50.3 Å². The van der Waals surface area contributed by atoms with Crippen molar-refractivity contribution in [1.29, 1.82) is 0 Å². The first kappa shape index (κ1) is 11.0. The highest BCUT2D eigenvalue weighted by Crippen LogP contribution is 2.09. The number of allylic oxidation sites excluding steroid dienone is 1. The van der Waals surface area contributed by atoms with E-state index >= 15 is 0 Å². The van der Waals surface area contributed by atoms with Gasteiger partial charge in [0.1, 0.15) is 0 Å². The number of unbranched alkanes of at least 4 members (excludes halogenated alkanes) is 2. The molecule has 76 valence electrons. The number of hydrogen-bond acceptors (Lipinski definition) is 0. The molecule has 0 radical (unpaired) electrons. The average Bonchev–Trinajstić information content (AvgIpc) is 2.21. The van der Waals surface area contributed by atoms with Gasteiger partial charge in [-0.1, -0.05) is 56.2 Å². The highest BCUT2D eigenvalue weighted by atomic mass is 14.0. The maximum atomic E-state index is 2.25. The zero-order valence-electron chi connectivity index (χ0n) is 9.29. The zero-order valence-corrected chi connectivity index (χ0v) is 9.29. The largest absolute Gasteiger partial charge is 0.0871 e. The van der Waals surface area contributed by atoms with Gasteiger partial charge in [0.2, 0.25) is 0 Å². The van der Waals surface area contributed by atoms with Crippen LogP contribution in [0.2, 0.25) is 0 Å². The Morgan fingerprint density at radius 3 is 2.36 bits per heavy atom. The molecule has 0 atom stereocenters. The Hall–Kier alpha value is -1.04. The van der Waals surface area contributed by atoms with E-state index in [1.165, 1.54) is 36.8 Å². The van der Waals surface area contributed by atoms with E-state index in [9.17, 15) is 0 Å². The molecule has 0 bridgehead atoms. The molecule has 0 heteroatoms. The van der Waals surface area contributed by atoms with Crippen molar-refractivity contribution in [1.82, 2.24) is 0 Å². The minimum atomic E-state index is 1.23. The van der Waals surface area contributed by atoms with Crippen LogP contribution in [0.1, 0.15) is 44.2 Å². The van der Waals surface area contributed by atoms with Crippen molar-refractivity contribution in [2.24, 2.45) is 0 Å². The van der Waals surface area contributed by atoms with E-state index in [0.717, 1.165) is 0 Å². The Bertz CT molecular complexity index is 267. The van der Waals surface area contributed by atoms with Crippen LogP contribution in [0.3, 0.4) is 0 Å². The molecule has 0 amide bonds. The summed E-state index contributed by atoms with van der Waals surface area (Å²) < 4.78 is 0. The molecule has 0 aliphatic carbocycles. The minimum Gasteiger partial charge on any atom is -0.0871 e. The first-order chi connectivity index (χ1) is 6.86. The molecule has 0 saturated heterocycles. The second kappa shape index (κ2) is 6.42. The summed E-state index contributed by atoms with van der Waals surface area (Å²) in [6, 6.07) is 8.87. The first-order valence-electron chi connectivity index (χ1n) is 5.58. The Labute approximate surface area is 87.7 Å². The van der Waals surface area contributed by atoms with E-state index in [1.807, 2.05) is 0 Å². The van der Waals surface area contributed by atoms with Gasteiger partial charge in [-0.3, -0.25) is 0 Å². The predicted molar refractivity (Wildman–Crippen MR) is 64.4 cm³/mol. The van der Waals surface area contributed by atoms with Crippen LogP contribution in [0.5, 0.6) is 0 Å². The molecule has 0 heterocycles. The van der Waals surface area contributed by atoms with Gasteiger partial charge in [0.05, 0.1) is 0 Å². The summed E-state index contributed by atoms with van der Waals surface area (Å²) in [5.41, 5.74) is 2.76. The highest BCUT2D eigenvalue weighted by molar-refractivity contribution is 5.49. The fourth-order valence-corrected chi connectivity index (χ4v) is 1.57. The third-order valence-electron chi connectivity index (χ3n) is 2.41. The molecule has 0 N–H and O–H groups in total. The summed E-state index contributed by atoms with van der Waals surface area (Å²) in [5.74, 6) is 0. The van der Waals surface area contributed by atoms with Gasteiger partial charge in [0.25, 0.3) is 0 Å². The molecule has 0 aliphatic heterocycles. The molecule has 0 nitrogen and oxygen atoms in total. The molecule has 0 unspecified atom stereocenters. The lowest BCUT2D eigenvalue weighted by Gasteiger charge is -2.00. The molecule has 1 aromatic carbocycles. The SMILES string of the molecule is C/C=C/c1ccc(CCCCC)cc1. The molecule has 0 saturated carbocycles. The maximum Gasteiger partial charge on any atom is -0.0260 e. The molecule has 0 aliphatic rings. The topological polar surface area (TPSA) is 0 Å². The van der Waals surface area contributed by atoms with Crippen LogP contribution in [-0.2, 0) is 6.42 Å². The van der Waals surface area contributed by atoms with E-state index in [0.29, 0.717) is 0 Å². The standard InChI is InChI=1S/C14H20/c1-3-5-6-8-14-11-9-13(7-4-2)10-12-14/h4,7,9-12H,3,5-6,8H2,1-2H3/b7-4+. The van der Waals surface area contributed by atoms with Gasteiger partial charge in [-0.15, -0.1) is 0 Å². The summed E-state index contributed by atoms with van der Waals surface area (Å²) in [5, 5.41) is 0. The van der Waals surface area contributed by atoms with Gasteiger partial charge < -0.3 is 0 Å². The molecule has 0 fully saturated rings. The second-order valence-corrected chi connectivity index (χ2v) is 3.70. The van der Waals surface area contributed by atoms with E-state index in [4.69, 9.17) is 0 Å². The van der Waals surface area contributed by atoms with Gasteiger partial charge in [-0.05, 0) is 30.9 Å². The summed E-state index contributed by atoms with van der Waals surface area (Å²) in [4.78, 5) is 0. The third kappa shape index (κ3) is 3.78. The van der Waals surface area contributed by atoms with Crippen molar-refractivity contribution in [2.45, 2.75) is 39.5 Å². The smallest absolute Gasteiger partial charge is 0.0260 e. The second-order valence-electron chi connectivity index (χ2n) is 3.70. The summed E-state index contributed by atoms with van der Waals surface area (Å²) in [7, 11) is 0. The van der Waals surface area contributed by atoms with E-state index in [-0.39, 0.29) is 0 Å². The number of rotatable bonds is 5. The quantitative estimate of drug-likeness (QED) is 0.599. The lowest BCUT2D eigenvalue weighted by molar-refractivity contribution is 0.717. The molecule has 0 spiro atoms. The zero-order chi connectivity index (χ0) is 10.2. The fourth-order valence-electron chi connectivity index (χ4n) is 1.57. The summed E-state index contributed by atoms with van der Waals surface area (Å²) >= 11 is 0. The van der Waals surface area contributed by atoms with Gasteiger partial charge in [0, 0.05) is 0 Å². The van der Waals surface area contributed by atoms with Gasteiger partial charge in [-0.2, -0.15) is 0 Å². The number of aryl methyl sites for hydroxylation is 1. The van der Waals surface area contributed by atoms with Crippen LogP contribution in [0.25, 0.3) is 6.08 Å². The average molecular weight is 188 g/mol. The number of hydrogen-bond donors (Lipinski definition) is 0. The monoisotopic (exact) mass is 188 g/mol. The van der Waals surface area contributed by atoms with Crippen molar-refractivity contribution in [3.63, 3.8) is 0 Å². The minimum absolute atomic E-state index is 1.23. The lowest BCUT2D eigenvalue weighted by Crippen LogP contribution is -1.85. The lowest BCUT2D eigenvalue weighted by atomic mass is 10.1. The Kier molecular flexibility index (Phi) is 5.06. The van der Waals surface area contributed by atoms with Crippen LogP contribution in [0.15, 0.2) is 30.3 Å². The van der Waals surface area contributed by atoms with Crippen LogP contribution in [0, 0.1) is 0 Å². The predicted octanol–water partition coefficient (Wildman–Crippen LogP) is 4.45. The van der Waals surface area contributed by atoms with Crippen molar-refractivity contribution < 1.29 is 0 Å². The Balaban J connectivity index is 2.46. The van der Waals surface area contributed by atoms with E-state index < -0.39 is 0 Å². The van der Waals surface area contributed by atoms with Crippen molar-refractivity contribution >= 4 is 6.08 Å². The molecule has 1 rings (SSSR count). The fraction of sp³-hybridized carbons (Fsp3) is 0.429. The normalized spacial score (nSPS) is 11.0. The Morgan fingerprint density at radius 1 is 1.07 bits per heavy atom. The van der Waals surface area contributed by atoms with Gasteiger partial charge >= 0.3 is 0 Å². The highest BCUT2D eigenvalue weighted by Gasteiger charge is 1.92. The Morgan fingerprint density at radius 2 is 1.79 bits per heavy atom. The molecule has 1 aromatic rings. The van der Waals surface area contributed by atoms with E-state index in [1.54, 1.807) is 0 Å². The molecule has 14 heavy (non-hydrogen) atoms. The molecular formula is C14H20. The summed E-state index contributed by atoms with van der Waals surface area (Å²) in [6.07, 6.45) is 9.40. The van der Waals surface area contributed by atoms with Crippen LogP contribution < -0.4 is 0 Å².